The standard InChI is InChI=1S/C16H14F3N3O/c17-12-3-10(4-13(18)16(12)19)11-5-15(23)22(8-11)7-9-1-2-21-6-14(9)20/h1-4,6,11H,5,7-8,20H2. The summed E-state index contributed by atoms with van der Waals surface area (Å²) in [6.07, 6.45) is 3.20. The lowest BCUT2D eigenvalue weighted by Crippen LogP contribution is -2.25. The number of nitrogen functional groups attached to an aromatic ring is 1. The van der Waals surface area contributed by atoms with Gasteiger partial charge in [0.1, 0.15) is 0 Å². The summed E-state index contributed by atoms with van der Waals surface area (Å²) in [5.74, 6) is -4.51. The number of carbonyl (C=O) groups is 1. The van der Waals surface area contributed by atoms with Gasteiger partial charge in [0.25, 0.3) is 0 Å². The molecule has 1 aliphatic rings. The lowest BCUT2D eigenvalue weighted by atomic mass is 9.98. The Morgan fingerprint density at radius 2 is 1.96 bits per heavy atom. The quantitative estimate of drug-likeness (QED) is 0.884. The molecule has 4 nitrogen and oxygen atoms in total. The van der Waals surface area contributed by atoms with Crippen LogP contribution in [-0.2, 0) is 11.3 Å². The highest BCUT2D eigenvalue weighted by Crippen LogP contribution is 2.31. The molecule has 1 aromatic carbocycles. The van der Waals surface area contributed by atoms with Crippen LogP contribution in [0.5, 0.6) is 0 Å². The molecule has 1 fully saturated rings. The van der Waals surface area contributed by atoms with E-state index >= 15 is 0 Å². The van der Waals surface area contributed by atoms with Gasteiger partial charge in [-0.1, -0.05) is 0 Å². The molecule has 2 aromatic rings. The molecule has 7 heteroatoms. The van der Waals surface area contributed by atoms with Crippen LogP contribution in [-0.4, -0.2) is 22.3 Å². The highest BCUT2D eigenvalue weighted by Gasteiger charge is 2.32. The number of carbonyl (C=O) groups excluding carboxylic acids is 1. The summed E-state index contributed by atoms with van der Waals surface area (Å²) in [6.45, 7) is 0.598. The van der Waals surface area contributed by atoms with E-state index in [0.717, 1.165) is 17.7 Å². The van der Waals surface area contributed by atoms with Gasteiger partial charge in [-0.3, -0.25) is 9.78 Å². The summed E-state index contributed by atoms with van der Waals surface area (Å²) < 4.78 is 39.7. The summed E-state index contributed by atoms with van der Waals surface area (Å²) in [7, 11) is 0. The number of pyridine rings is 1. The summed E-state index contributed by atoms with van der Waals surface area (Å²) >= 11 is 0. The van der Waals surface area contributed by atoms with Crippen molar-refractivity contribution in [3.05, 3.63) is 59.2 Å². The molecule has 1 atom stereocenters. The van der Waals surface area contributed by atoms with E-state index in [2.05, 4.69) is 4.98 Å². The summed E-state index contributed by atoms with van der Waals surface area (Å²) in [6, 6.07) is 3.61. The van der Waals surface area contributed by atoms with Crippen molar-refractivity contribution in [1.29, 1.82) is 0 Å². The van der Waals surface area contributed by atoms with Crippen LogP contribution >= 0.6 is 0 Å². The van der Waals surface area contributed by atoms with Crippen molar-refractivity contribution in [2.75, 3.05) is 12.3 Å². The minimum Gasteiger partial charge on any atom is -0.397 e. The fourth-order valence-electron chi connectivity index (χ4n) is 2.74. The minimum atomic E-state index is -1.50. The van der Waals surface area contributed by atoms with Crippen LogP contribution < -0.4 is 5.73 Å². The number of amides is 1. The number of anilines is 1. The third-order valence-corrected chi connectivity index (χ3v) is 4.00. The second kappa shape index (κ2) is 5.91. The Morgan fingerprint density at radius 1 is 1.26 bits per heavy atom. The van der Waals surface area contributed by atoms with Crippen LogP contribution in [0.1, 0.15) is 23.5 Å². The van der Waals surface area contributed by atoms with E-state index in [0.29, 0.717) is 18.8 Å². The molecule has 0 spiro atoms. The first kappa shape index (κ1) is 15.3. The number of nitrogens with zero attached hydrogens (tertiary/aromatic N) is 2. The van der Waals surface area contributed by atoms with Crippen molar-refractivity contribution in [3.63, 3.8) is 0 Å². The molecular formula is C16H14F3N3O. The predicted octanol–water partition coefficient (Wildman–Crippen LogP) is 2.60. The Morgan fingerprint density at radius 3 is 2.61 bits per heavy atom. The van der Waals surface area contributed by atoms with Gasteiger partial charge in [0.05, 0.1) is 11.9 Å². The normalized spacial score (nSPS) is 17.8. The van der Waals surface area contributed by atoms with E-state index in [1.54, 1.807) is 17.2 Å². The molecule has 0 bridgehead atoms. The lowest BCUT2D eigenvalue weighted by Gasteiger charge is -2.18. The fourth-order valence-corrected chi connectivity index (χ4v) is 2.74. The van der Waals surface area contributed by atoms with Gasteiger partial charge in [0, 0.05) is 31.6 Å². The molecule has 1 saturated heterocycles. The van der Waals surface area contributed by atoms with Crippen LogP contribution in [0.25, 0.3) is 0 Å². The zero-order chi connectivity index (χ0) is 16.6. The number of hydrogen-bond donors (Lipinski definition) is 1. The van der Waals surface area contributed by atoms with Crippen molar-refractivity contribution >= 4 is 11.6 Å². The molecule has 2 N–H and O–H groups in total. The van der Waals surface area contributed by atoms with E-state index in [4.69, 9.17) is 5.73 Å². The Balaban J connectivity index is 1.79. The van der Waals surface area contributed by atoms with Gasteiger partial charge in [-0.15, -0.1) is 0 Å². The number of likely N-dealkylation sites (tertiary alicyclic amines) is 1. The first-order valence-electron chi connectivity index (χ1n) is 7.06. The Hall–Kier alpha value is -2.57. The third kappa shape index (κ3) is 2.99. The van der Waals surface area contributed by atoms with Crippen LogP contribution in [0, 0.1) is 17.5 Å². The maximum absolute atomic E-state index is 13.4. The zero-order valence-electron chi connectivity index (χ0n) is 12.1. The molecule has 1 unspecified atom stereocenters. The van der Waals surface area contributed by atoms with Gasteiger partial charge in [-0.2, -0.15) is 0 Å². The molecule has 1 aliphatic heterocycles. The smallest absolute Gasteiger partial charge is 0.223 e. The second-order valence-corrected chi connectivity index (χ2v) is 5.55. The van der Waals surface area contributed by atoms with Crippen LogP contribution in [0.4, 0.5) is 18.9 Å². The van der Waals surface area contributed by atoms with E-state index in [-0.39, 0.29) is 23.8 Å². The Bertz CT molecular complexity index is 743. The summed E-state index contributed by atoms with van der Waals surface area (Å²) in [5, 5.41) is 0. The fraction of sp³-hybridized carbons (Fsp3) is 0.250. The molecule has 2 heterocycles. The highest BCUT2D eigenvalue weighted by atomic mass is 19.2. The third-order valence-electron chi connectivity index (χ3n) is 4.00. The number of rotatable bonds is 3. The SMILES string of the molecule is Nc1cnccc1CN1CC(c2cc(F)c(F)c(F)c2)CC1=O. The maximum atomic E-state index is 13.4. The van der Waals surface area contributed by atoms with E-state index in [9.17, 15) is 18.0 Å². The monoisotopic (exact) mass is 321 g/mol. The van der Waals surface area contributed by atoms with Crippen molar-refractivity contribution in [2.24, 2.45) is 0 Å². The van der Waals surface area contributed by atoms with Crippen molar-refractivity contribution in [1.82, 2.24) is 9.88 Å². The average molecular weight is 321 g/mol. The Kier molecular flexibility index (Phi) is 3.94. The average Bonchev–Trinajstić information content (AvgIpc) is 2.88. The van der Waals surface area contributed by atoms with Crippen molar-refractivity contribution in [2.45, 2.75) is 18.9 Å². The van der Waals surface area contributed by atoms with E-state index < -0.39 is 17.5 Å². The molecule has 0 saturated carbocycles. The molecule has 0 aliphatic carbocycles. The molecular weight excluding hydrogens is 307 g/mol. The van der Waals surface area contributed by atoms with Crippen molar-refractivity contribution < 1.29 is 18.0 Å². The van der Waals surface area contributed by atoms with Gasteiger partial charge in [0.2, 0.25) is 5.91 Å². The highest BCUT2D eigenvalue weighted by molar-refractivity contribution is 5.80. The molecule has 3 rings (SSSR count). The molecule has 1 amide bonds. The lowest BCUT2D eigenvalue weighted by molar-refractivity contribution is -0.128. The van der Waals surface area contributed by atoms with Crippen LogP contribution in [0.2, 0.25) is 0 Å². The predicted molar refractivity (Wildman–Crippen MR) is 77.7 cm³/mol. The number of nitrogens with two attached hydrogens (primary N) is 1. The Labute approximate surface area is 130 Å². The van der Waals surface area contributed by atoms with Crippen LogP contribution in [0.3, 0.4) is 0 Å². The van der Waals surface area contributed by atoms with Gasteiger partial charge < -0.3 is 10.6 Å². The topological polar surface area (TPSA) is 59.2 Å². The summed E-state index contributed by atoms with van der Waals surface area (Å²) in [4.78, 5) is 17.6. The van der Waals surface area contributed by atoms with Gasteiger partial charge in [-0.25, -0.2) is 13.2 Å². The van der Waals surface area contributed by atoms with Gasteiger partial charge in [-0.05, 0) is 29.3 Å². The number of benzene rings is 1. The van der Waals surface area contributed by atoms with Gasteiger partial charge >= 0.3 is 0 Å². The molecule has 0 radical (unpaired) electrons. The zero-order valence-corrected chi connectivity index (χ0v) is 12.1. The second-order valence-electron chi connectivity index (χ2n) is 5.55. The van der Waals surface area contributed by atoms with Gasteiger partial charge in [0.15, 0.2) is 17.5 Å². The minimum absolute atomic E-state index is 0.121. The first-order chi connectivity index (χ1) is 11.0. The van der Waals surface area contributed by atoms with Crippen LogP contribution in [0.15, 0.2) is 30.6 Å². The largest absolute Gasteiger partial charge is 0.397 e. The molecule has 1 aromatic heterocycles. The number of aromatic nitrogens is 1. The number of halogens is 3. The molecule has 120 valence electrons. The van der Waals surface area contributed by atoms with E-state index in [1.165, 1.54) is 6.20 Å². The number of hydrogen-bond acceptors (Lipinski definition) is 3. The van der Waals surface area contributed by atoms with E-state index in [1.807, 2.05) is 0 Å². The van der Waals surface area contributed by atoms with Crippen molar-refractivity contribution in [3.8, 4) is 0 Å². The maximum Gasteiger partial charge on any atom is 0.223 e. The summed E-state index contributed by atoms with van der Waals surface area (Å²) in [5.41, 5.74) is 7.31. The molecule has 23 heavy (non-hydrogen) atoms. The first-order valence-corrected chi connectivity index (χ1v) is 7.06.